The van der Waals surface area contributed by atoms with Crippen molar-refractivity contribution in [3.05, 3.63) is 204 Å². The molecule has 4 aromatic heterocycles. The van der Waals surface area contributed by atoms with Crippen molar-refractivity contribution in [1.82, 2.24) is 20.6 Å². The summed E-state index contributed by atoms with van der Waals surface area (Å²) in [5.74, 6) is 0.776. The monoisotopic (exact) mass is 724 g/mol. The fourth-order valence-electron chi connectivity index (χ4n) is 8.13. The molecule has 0 spiro atoms. The molecule has 0 saturated heterocycles. The lowest BCUT2D eigenvalue weighted by Crippen LogP contribution is -2.40. The van der Waals surface area contributed by atoms with Crippen LogP contribution in [0.25, 0.3) is 71.9 Å². The van der Waals surface area contributed by atoms with Gasteiger partial charge in [0.2, 0.25) is 0 Å². The quantitative estimate of drug-likeness (QED) is 0.177. The van der Waals surface area contributed by atoms with Gasteiger partial charge in [0.1, 0.15) is 28.6 Å². The van der Waals surface area contributed by atoms with Crippen molar-refractivity contribution in [1.29, 1.82) is 0 Å². The molecule has 2 aliphatic rings. The van der Waals surface area contributed by atoms with Crippen LogP contribution in [-0.4, -0.2) is 16.5 Å². The Hall–Kier alpha value is -7.22. The van der Waals surface area contributed by atoms with Crippen molar-refractivity contribution >= 4 is 50.0 Å². The first-order valence-electron chi connectivity index (χ1n) is 18.9. The highest BCUT2D eigenvalue weighted by atomic mass is 16.3. The van der Waals surface area contributed by atoms with E-state index in [1.807, 2.05) is 67.0 Å². The number of para-hydroxylation sites is 2. The molecule has 0 saturated carbocycles. The molecule has 2 aliphatic heterocycles. The van der Waals surface area contributed by atoms with E-state index >= 15 is 0 Å². The fraction of sp³-hybridized carbons (Fsp3) is 0.0612. The zero-order valence-corrected chi connectivity index (χ0v) is 30.2. The van der Waals surface area contributed by atoms with Gasteiger partial charge in [-0.3, -0.25) is 15.3 Å². The number of benzene rings is 5. The molecule has 5 aromatic carbocycles. The molecule has 0 fully saturated rings. The number of furan rings is 2. The van der Waals surface area contributed by atoms with Gasteiger partial charge in [-0.2, -0.15) is 0 Å². The smallest absolute Gasteiger partial charge is 0.161 e. The molecular formula is C49H34N5O2-. The van der Waals surface area contributed by atoms with Crippen LogP contribution in [0.4, 0.5) is 5.69 Å². The summed E-state index contributed by atoms with van der Waals surface area (Å²) in [5, 5.41) is 14.6. The van der Waals surface area contributed by atoms with Crippen LogP contribution in [0.15, 0.2) is 179 Å². The highest BCUT2D eigenvalue weighted by Crippen LogP contribution is 2.46. The first kappa shape index (κ1) is 32.2. The number of rotatable bonds is 6. The van der Waals surface area contributed by atoms with E-state index < -0.39 is 0 Å². The molecule has 6 heterocycles. The Morgan fingerprint density at radius 3 is 2.25 bits per heavy atom. The van der Waals surface area contributed by atoms with Crippen LogP contribution in [0, 0.1) is 0 Å². The third-order valence-corrected chi connectivity index (χ3v) is 10.8. The predicted octanol–water partition coefficient (Wildman–Crippen LogP) is 11.9. The molecule has 0 radical (unpaired) electrons. The minimum Gasteiger partial charge on any atom is -0.678 e. The highest BCUT2D eigenvalue weighted by molar-refractivity contribution is 6.08. The van der Waals surface area contributed by atoms with Gasteiger partial charge in [-0.15, -0.1) is 6.54 Å². The largest absolute Gasteiger partial charge is 0.678 e. The predicted molar refractivity (Wildman–Crippen MR) is 224 cm³/mol. The number of pyridine rings is 2. The fourth-order valence-corrected chi connectivity index (χ4v) is 8.13. The second kappa shape index (κ2) is 13.3. The van der Waals surface area contributed by atoms with E-state index in [4.69, 9.17) is 24.1 Å². The molecule has 7 nitrogen and oxygen atoms in total. The van der Waals surface area contributed by atoms with Gasteiger partial charge in [0.15, 0.2) is 5.58 Å². The van der Waals surface area contributed by atoms with Crippen molar-refractivity contribution < 1.29 is 8.83 Å². The molecule has 2 atom stereocenters. The van der Waals surface area contributed by atoms with Gasteiger partial charge in [-0.25, -0.2) is 0 Å². The van der Waals surface area contributed by atoms with Crippen molar-refractivity contribution in [2.24, 2.45) is 0 Å². The summed E-state index contributed by atoms with van der Waals surface area (Å²) in [6, 6.07) is 50.2. The lowest BCUT2D eigenvalue weighted by atomic mass is 9.90. The number of hydrogen-bond donors (Lipinski definition) is 2. The van der Waals surface area contributed by atoms with E-state index in [-0.39, 0.29) is 12.2 Å². The van der Waals surface area contributed by atoms with Gasteiger partial charge >= 0.3 is 0 Å². The van der Waals surface area contributed by atoms with Gasteiger partial charge in [0.25, 0.3) is 0 Å². The first-order chi connectivity index (χ1) is 27.7. The Kier molecular flexibility index (Phi) is 7.64. The lowest BCUT2D eigenvalue weighted by Gasteiger charge is -2.33. The minimum atomic E-state index is -0.258. The number of fused-ring (bicyclic) bond motifs is 6. The number of aromatic nitrogens is 2. The maximum atomic E-state index is 6.56. The Morgan fingerprint density at radius 2 is 1.38 bits per heavy atom. The molecule has 11 rings (SSSR count). The van der Waals surface area contributed by atoms with Crippen molar-refractivity contribution in [3.63, 3.8) is 0 Å². The van der Waals surface area contributed by atoms with Crippen LogP contribution >= 0.6 is 0 Å². The van der Waals surface area contributed by atoms with E-state index in [0.29, 0.717) is 6.54 Å². The summed E-state index contributed by atoms with van der Waals surface area (Å²) in [7, 11) is 0. The Bertz CT molecular complexity index is 3000. The van der Waals surface area contributed by atoms with Gasteiger partial charge in [-0.05, 0) is 100 Å². The number of hydrogen-bond acceptors (Lipinski definition) is 6. The summed E-state index contributed by atoms with van der Waals surface area (Å²) in [6.45, 7) is 0.556. The molecule has 0 amide bonds. The van der Waals surface area contributed by atoms with Crippen LogP contribution in [0.3, 0.4) is 0 Å². The average Bonchev–Trinajstić information content (AvgIpc) is 3.86. The zero-order chi connectivity index (χ0) is 37.0. The van der Waals surface area contributed by atoms with E-state index in [9.17, 15) is 0 Å². The second-order valence-corrected chi connectivity index (χ2v) is 14.2. The van der Waals surface area contributed by atoms with Gasteiger partial charge in [0.05, 0.1) is 11.7 Å². The van der Waals surface area contributed by atoms with Gasteiger partial charge in [0, 0.05) is 40.0 Å². The second-order valence-electron chi connectivity index (χ2n) is 14.2. The number of nitrogens with zero attached hydrogens (tertiary/aromatic N) is 3. The molecule has 7 heteroatoms. The topological polar surface area (TPSA) is 90.2 Å². The SMILES string of the molecule is C1=C(c2cc(C3=CC[N-]c4c3oc3ccccc43)cc(-c3ccnc4c3oc3ccccc34)c2)NC(c2ccccn2)NC1c1cccc(-c2ccccc2)c1. The van der Waals surface area contributed by atoms with E-state index in [2.05, 4.69) is 114 Å². The van der Waals surface area contributed by atoms with Crippen LogP contribution in [0.5, 0.6) is 0 Å². The van der Waals surface area contributed by atoms with Gasteiger partial charge < -0.3 is 19.5 Å². The van der Waals surface area contributed by atoms with E-state index in [1.54, 1.807) is 0 Å². The number of nitrogens with one attached hydrogen (secondary N) is 2. The van der Waals surface area contributed by atoms with Crippen LogP contribution in [0.1, 0.15) is 40.4 Å². The highest BCUT2D eigenvalue weighted by Gasteiger charge is 2.27. The molecule has 268 valence electrons. The van der Waals surface area contributed by atoms with Crippen molar-refractivity contribution in [2.75, 3.05) is 6.54 Å². The third kappa shape index (κ3) is 5.56. The molecule has 2 N–H and O–H groups in total. The zero-order valence-electron chi connectivity index (χ0n) is 30.2. The van der Waals surface area contributed by atoms with Crippen LogP contribution in [-0.2, 0) is 0 Å². The lowest BCUT2D eigenvalue weighted by molar-refractivity contribution is 0.434. The maximum Gasteiger partial charge on any atom is 0.161 e. The molecule has 9 aromatic rings. The molecule has 0 bridgehead atoms. The average molecular weight is 725 g/mol. The molecular weight excluding hydrogens is 691 g/mol. The van der Waals surface area contributed by atoms with Crippen molar-refractivity contribution in [3.8, 4) is 22.3 Å². The minimum absolute atomic E-state index is 0.119. The maximum absolute atomic E-state index is 6.56. The summed E-state index contributed by atoms with van der Waals surface area (Å²) in [4.78, 5) is 9.56. The van der Waals surface area contributed by atoms with Crippen molar-refractivity contribution in [2.45, 2.75) is 12.2 Å². The molecule has 2 unspecified atom stereocenters. The summed E-state index contributed by atoms with van der Waals surface area (Å²) in [6.07, 6.45) is 7.90. The standard InChI is InChI=1S/C49H34N5O2/c1-2-11-30(12-3-1)31-13-10-14-32(25-31)41-29-42(54-49(53-41)40-17-8-9-22-50-40)35-27-33(36-20-23-51-45-38-15-4-6-18-43(38)55-47(36)45)26-34(28-35)37-21-24-52-46-39-16-5-7-19-44(39)56-48(37)46/h1-23,25-29,41,49,53-54H,24H2/q-1. The molecule has 56 heavy (non-hydrogen) atoms. The third-order valence-electron chi connectivity index (χ3n) is 10.8. The first-order valence-corrected chi connectivity index (χ1v) is 18.9. The Labute approximate surface area is 323 Å². The summed E-state index contributed by atoms with van der Waals surface area (Å²) >= 11 is 0. The Balaban J connectivity index is 1.11. The van der Waals surface area contributed by atoms with Gasteiger partial charge in [-0.1, -0.05) is 96.7 Å². The Morgan fingerprint density at radius 1 is 0.607 bits per heavy atom. The summed E-state index contributed by atoms with van der Waals surface area (Å²) < 4.78 is 13.1. The van der Waals surface area contributed by atoms with E-state index in [0.717, 1.165) is 89.3 Å². The van der Waals surface area contributed by atoms with Crippen LogP contribution < -0.4 is 10.6 Å². The van der Waals surface area contributed by atoms with Crippen LogP contribution in [0.2, 0.25) is 0 Å². The normalized spacial score (nSPS) is 16.6. The molecule has 0 aliphatic carbocycles. The summed E-state index contributed by atoms with van der Waals surface area (Å²) in [5.41, 5.74) is 14.5. The van der Waals surface area contributed by atoms with E-state index in [1.165, 1.54) is 11.1 Å².